The van der Waals surface area contributed by atoms with Crippen molar-refractivity contribution in [3.63, 3.8) is 0 Å². The predicted octanol–water partition coefficient (Wildman–Crippen LogP) is 2.10. The molecule has 2 atom stereocenters. The molecule has 0 aromatic carbocycles. The SMILES string of the molecule is C=C(C)[SiH](NC(C)CC)NC(C)CC. The van der Waals surface area contributed by atoms with E-state index in [1.165, 1.54) is 18.0 Å². The van der Waals surface area contributed by atoms with Crippen molar-refractivity contribution < 1.29 is 0 Å². The summed E-state index contributed by atoms with van der Waals surface area (Å²) in [7, 11) is -1.15. The Balaban J connectivity index is 4.09. The largest absolute Gasteiger partial charge is 0.322 e. The highest BCUT2D eigenvalue weighted by Crippen LogP contribution is 1.98. The van der Waals surface area contributed by atoms with Crippen molar-refractivity contribution >= 4 is 9.12 Å². The Hall–Kier alpha value is -0.123. The third-order valence-electron chi connectivity index (χ3n) is 2.62. The fraction of sp³-hybridized carbons (Fsp3) is 0.818. The summed E-state index contributed by atoms with van der Waals surface area (Å²) in [6, 6.07) is 1.19. The molecule has 0 amide bonds. The van der Waals surface area contributed by atoms with Crippen molar-refractivity contribution in [2.45, 2.75) is 59.5 Å². The summed E-state index contributed by atoms with van der Waals surface area (Å²) in [4.78, 5) is 7.32. The molecule has 2 N–H and O–H groups in total. The molecule has 0 aromatic heterocycles. The van der Waals surface area contributed by atoms with Crippen molar-refractivity contribution in [3.05, 3.63) is 11.8 Å². The molecule has 0 heterocycles. The van der Waals surface area contributed by atoms with Crippen LogP contribution in [0.2, 0.25) is 0 Å². The van der Waals surface area contributed by atoms with E-state index in [0.717, 1.165) is 0 Å². The van der Waals surface area contributed by atoms with Gasteiger partial charge in [0.05, 0.1) is 0 Å². The molecular formula is C11H26N2Si. The second-order valence-electron chi connectivity index (χ2n) is 4.23. The molecule has 2 unspecified atom stereocenters. The summed E-state index contributed by atoms with van der Waals surface area (Å²) < 4.78 is 0. The van der Waals surface area contributed by atoms with E-state index in [2.05, 4.69) is 51.2 Å². The van der Waals surface area contributed by atoms with Crippen molar-refractivity contribution in [3.8, 4) is 0 Å². The van der Waals surface area contributed by atoms with E-state index in [1.807, 2.05) is 0 Å². The number of rotatable bonds is 7. The zero-order chi connectivity index (χ0) is 11.1. The fourth-order valence-corrected chi connectivity index (χ4v) is 3.41. The molecule has 0 saturated carbocycles. The summed E-state index contributed by atoms with van der Waals surface area (Å²) >= 11 is 0. The Morgan fingerprint density at radius 1 is 1.14 bits per heavy atom. The van der Waals surface area contributed by atoms with Crippen LogP contribution in [0.5, 0.6) is 0 Å². The van der Waals surface area contributed by atoms with Gasteiger partial charge < -0.3 is 9.96 Å². The van der Waals surface area contributed by atoms with Gasteiger partial charge in [-0.3, -0.25) is 0 Å². The van der Waals surface area contributed by atoms with Crippen LogP contribution in [-0.2, 0) is 0 Å². The van der Waals surface area contributed by atoms with E-state index in [4.69, 9.17) is 0 Å². The second-order valence-corrected chi connectivity index (χ2v) is 6.75. The van der Waals surface area contributed by atoms with E-state index in [9.17, 15) is 0 Å². The first-order valence-corrected chi connectivity index (χ1v) is 7.41. The first kappa shape index (κ1) is 13.9. The van der Waals surface area contributed by atoms with E-state index in [-0.39, 0.29) is 0 Å². The summed E-state index contributed by atoms with van der Waals surface area (Å²) in [6.07, 6.45) is 2.36. The lowest BCUT2D eigenvalue weighted by molar-refractivity contribution is 0.604. The highest BCUT2D eigenvalue weighted by molar-refractivity contribution is 6.61. The average molecular weight is 214 g/mol. The Morgan fingerprint density at radius 3 is 1.71 bits per heavy atom. The van der Waals surface area contributed by atoms with E-state index >= 15 is 0 Å². The molecule has 0 saturated heterocycles. The van der Waals surface area contributed by atoms with Gasteiger partial charge in [0.2, 0.25) is 9.12 Å². The minimum Gasteiger partial charge on any atom is -0.322 e. The lowest BCUT2D eigenvalue weighted by Gasteiger charge is -2.25. The maximum atomic E-state index is 4.07. The summed E-state index contributed by atoms with van der Waals surface area (Å²) in [5.41, 5.74) is 0. The van der Waals surface area contributed by atoms with Crippen LogP contribution in [0.3, 0.4) is 0 Å². The molecule has 3 heteroatoms. The smallest absolute Gasteiger partial charge is 0.213 e. The summed E-state index contributed by atoms with van der Waals surface area (Å²) in [6.45, 7) is 15.1. The molecule has 2 nitrogen and oxygen atoms in total. The maximum Gasteiger partial charge on any atom is 0.213 e. The highest BCUT2D eigenvalue weighted by Gasteiger charge is 2.15. The van der Waals surface area contributed by atoms with Gasteiger partial charge in [0.25, 0.3) is 0 Å². The fourth-order valence-electron chi connectivity index (χ4n) is 1.14. The molecule has 0 fully saturated rings. The van der Waals surface area contributed by atoms with Crippen LogP contribution in [0, 0.1) is 0 Å². The minimum atomic E-state index is -1.15. The van der Waals surface area contributed by atoms with E-state index < -0.39 is 9.12 Å². The first-order chi connectivity index (χ1) is 6.51. The highest BCUT2D eigenvalue weighted by atomic mass is 28.3. The Morgan fingerprint density at radius 2 is 1.50 bits per heavy atom. The molecule has 14 heavy (non-hydrogen) atoms. The van der Waals surface area contributed by atoms with Crippen molar-refractivity contribution in [2.24, 2.45) is 0 Å². The second kappa shape index (κ2) is 7.21. The predicted molar refractivity (Wildman–Crippen MR) is 67.7 cm³/mol. The molecule has 0 bridgehead atoms. The third kappa shape index (κ3) is 5.57. The molecule has 0 rings (SSSR count). The van der Waals surface area contributed by atoms with Crippen LogP contribution in [-0.4, -0.2) is 21.2 Å². The number of hydrogen-bond acceptors (Lipinski definition) is 2. The van der Waals surface area contributed by atoms with Gasteiger partial charge in [-0.25, -0.2) is 0 Å². The molecule has 0 aliphatic carbocycles. The first-order valence-electron chi connectivity index (χ1n) is 5.68. The molecule has 0 aliphatic heterocycles. The summed E-state index contributed by atoms with van der Waals surface area (Å²) in [5, 5.41) is 1.30. The average Bonchev–Trinajstić information content (AvgIpc) is 2.16. The molecule has 0 aromatic rings. The molecule has 0 radical (unpaired) electrons. The lowest BCUT2D eigenvalue weighted by atomic mass is 10.3. The van der Waals surface area contributed by atoms with Crippen molar-refractivity contribution in [1.29, 1.82) is 0 Å². The Bertz CT molecular complexity index is 159. The van der Waals surface area contributed by atoms with Gasteiger partial charge in [-0.2, -0.15) is 0 Å². The number of allylic oxidation sites excluding steroid dienone is 1. The van der Waals surface area contributed by atoms with Crippen molar-refractivity contribution in [2.75, 3.05) is 0 Å². The summed E-state index contributed by atoms with van der Waals surface area (Å²) in [5.74, 6) is 0. The van der Waals surface area contributed by atoms with Crippen LogP contribution in [0.4, 0.5) is 0 Å². The molecular weight excluding hydrogens is 188 g/mol. The molecule has 0 spiro atoms. The number of nitrogens with one attached hydrogen (secondary N) is 2. The molecule has 84 valence electrons. The lowest BCUT2D eigenvalue weighted by Crippen LogP contribution is -2.54. The van der Waals surface area contributed by atoms with Gasteiger partial charge in [-0.05, 0) is 31.8 Å². The van der Waals surface area contributed by atoms with Gasteiger partial charge in [0, 0.05) is 0 Å². The Labute approximate surface area is 90.9 Å². The maximum absolute atomic E-state index is 4.07. The van der Waals surface area contributed by atoms with Crippen molar-refractivity contribution in [1.82, 2.24) is 9.96 Å². The standard InChI is InChI=1S/C11H26N2Si/c1-7-10(5)12-14(9(3)4)13-11(6)8-2/h10-14H,3,7-8H2,1-2,4-6H3. The number of hydrogen-bond donors (Lipinski definition) is 2. The van der Waals surface area contributed by atoms with Crippen LogP contribution in [0.25, 0.3) is 0 Å². The van der Waals surface area contributed by atoms with Gasteiger partial charge in [0.1, 0.15) is 0 Å². The minimum absolute atomic E-state index is 0.597. The zero-order valence-corrected chi connectivity index (χ0v) is 11.5. The van der Waals surface area contributed by atoms with Crippen LogP contribution in [0.1, 0.15) is 47.5 Å². The monoisotopic (exact) mass is 214 g/mol. The zero-order valence-electron chi connectivity index (χ0n) is 10.4. The topological polar surface area (TPSA) is 24.1 Å². The Kier molecular flexibility index (Phi) is 7.14. The van der Waals surface area contributed by atoms with Gasteiger partial charge in [0.15, 0.2) is 0 Å². The third-order valence-corrected chi connectivity index (χ3v) is 5.41. The van der Waals surface area contributed by atoms with Gasteiger partial charge in [-0.1, -0.05) is 32.9 Å². The normalized spacial score (nSPS) is 17.5. The van der Waals surface area contributed by atoms with Crippen LogP contribution in [0.15, 0.2) is 11.8 Å². The van der Waals surface area contributed by atoms with E-state index in [0.29, 0.717) is 12.1 Å². The van der Waals surface area contributed by atoms with Crippen LogP contribution >= 0.6 is 0 Å². The van der Waals surface area contributed by atoms with Crippen LogP contribution < -0.4 is 9.96 Å². The quantitative estimate of drug-likeness (QED) is 0.634. The van der Waals surface area contributed by atoms with E-state index in [1.54, 1.807) is 0 Å². The molecule has 0 aliphatic rings. The van der Waals surface area contributed by atoms with Gasteiger partial charge >= 0.3 is 0 Å². The van der Waals surface area contributed by atoms with Gasteiger partial charge in [-0.15, -0.1) is 6.58 Å².